The zero-order valence-electron chi connectivity index (χ0n) is 10.3. The number of methoxy groups -OCH3 is 1. The van der Waals surface area contributed by atoms with Crippen molar-refractivity contribution in [1.82, 2.24) is 0 Å². The second-order valence-corrected chi connectivity index (χ2v) is 4.31. The Balaban J connectivity index is 2.10. The van der Waals surface area contributed by atoms with Gasteiger partial charge in [0.2, 0.25) is 0 Å². The summed E-state index contributed by atoms with van der Waals surface area (Å²) in [7, 11) is 1.62. The first-order chi connectivity index (χ1) is 8.26. The van der Waals surface area contributed by atoms with Gasteiger partial charge in [-0.3, -0.25) is 4.79 Å². The molecule has 3 heteroatoms. The highest BCUT2D eigenvalue weighted by Crippen LogP contribution is 2.36. The molecule has 0 aliphatic heterocycles. The molecule has 1 aliphatic carbocycles. The number of rotatable bonds is 6. The fourth-order valence-corrected chi connectivity index (χ4v) is 1.92. The fourth-order valence-electron chi connectivity index (χ4n) is 1.92. The summed E-state index contributed by atoms with van der Waals surface area (Å²) in [5.74, 6) is 1.28. The molecule has 0 bridgehead atoms. The Kier molecular flexibility index (Phi) is 3.79. The van der Waals surface area contributed by atoms with E-state index in [1.165, 1.54) is 0 Å². The summed E-state index contributed by atoms with van der Waals surface area (Å²) in [6.45, 7) is 2.51. The number of ketones is 1. The highest BCUT2D eigenvalue weighted by atomic mass is 16.5. The molecule has 0 radical (unpaired) electrons. The first kappa shape index (κ1) is 12.1. The van der Waals surface area contributed by atoms with Gasteiger partial charge in [-0.2, -0.15) is 0 Å². The van der Waals surface area contributed by atoms with Crippen molar-refractivity contribution in [2.45, 2.75) is 25.9 Å². The molecule has 0 heterocycles. The summed E-state index contributed by atoms with van der Waals surface area (Å²) in [4.78, 5) is 12.3. The van der Waals surface area contributed by atoms with Crippen LogP contribution in [0, 0.1) is 5.92 Å². The molecule has 3 nitrogen and oxygen atoms in total. The molecule has 92 valence electrons. The normalized spacial score (nSPS) is 16.6. The van der Waals surface area contributed by atoms with Crippen LogP contribution in [-0.4, -0.2) is 25.6 Å². The molecule has 1 fully saturated rings. The van der Waals surface area contributed by atoms with E-state index in [4.69, 9.17) is 9.47 Å². The van der Waals surface area contributed by atoms with Crippen LogP contribution >= 0.6 is 0 Å². The van der Waals surface area contributed by atoms with Gasteiger partial charge in [-0.15, -0.1) is 0 Å². The van der Waals surface area contributed by atoms with Crippen molar-refractivity contribution in [2.24, 2.45) is 5.92 Å². The Hall–Kier alpha value is -1.35. The van der Waals surface area contributed by atoms with Crippen LogP contribution in [0.15, 0.2) is 24.3 Å². The maximum absolute atomic E-state index is 12.3. The van der Waals surface area contributed by atoms with Crippen molar-refractivity contribution in [1.29, 1.82) is 0 Å². The maximum Gasteiger partial charge on any atom is 0.191 e. The van der Waals surface area contributed by atoms with E-state index in [1.807, 2.05) is 19.1 Å². The first-order valence-corrected chi connectivity index (χ1v) is 6.06. The van der Waals surface area contributed by atoms with E-state index < -0.39 is 0 Å². The third-order valence-electron chi connectivity index (χ3n) is 3.03. The third-order valence-corrected chi connectivity index (χ3v) is 3.03. The smallest absolute Gasteiger partial charge is 0.191 e. The molecular formula is C14H18O3. The molecule has 0 spiro atoms. The van der Waals surface area contributed by atoms with Crippen LogP contribution in [0.1, 0.15) is 30.1 Å². The highest BCUT2D eigenvalue weighted by Gasteiger charge is 2.37. The molecule has 0 N–H and O–H groups in total. The van der Waals surface area contributed by atoms with Crippen molar-refractivity contribution in [2.75, 3.05) is 13.7 Å². The predicted octanol–water partition coefficient (Wildman–Crippen LogP) is 2.69. The van der Waals surface area contributed by atoms with Crippen LogP contribution in [0.5, 0.6) is 5.75 Å². The molecule has 0 amide bonds. The lowest BCUT2D eigenvalue weighted by Gasteiger charge is -2.15. The Morgan fingerprint density at radius 1 is 1.35 bits per heavy atom. The Labute approximate surface area is 102 Å². The molecule has 1 aromatic rings. The average Bonchev–Trinajstić information content (AvgIpc) is 3.19. The molecule has 1 aromatic carbocycles. The lowest BCUT2D eigenvalue weighted by atomic mass is 10.0. The molecule has 0 aromatic heterocycles. The second kappa shape index (κ2) is 5.32. The Morgan fingerprint density at radius 3 is 2.47 bits per heavy atom. The van der Waals surface area contributed by atoms with E-state index in [0.29, 0.717) is 18.1 Å². The van der Waals surface area contributed by atoms with Crippen molar-refractivity contribution in [3.8, 4) is 5.75 Å². The minimum atomic E-state index is -0.256. The molecular weight excluding hydrogens is 216 g/mol. The lowest BCUT2D eigenvalue weighted by molar-refractivity contribution is 0.0374. The fraction of sp³-hybridized carbons (Fsp3) is 0.500. The van der Waals surface area contributed by atoms with Gasteiger partial charge < -0.3 is 9.47 Å². The molecule has 1 unspecified atom stereocenters. The van der Waals surface area contributed by atoms with Gasteiger partial charge in [-0.1, -0.05) is 0 Å². The van der Waals surface area contributed by atoms with Crippen molar-refractivity contribution in [3.05, 3.63) is 29.8 Å². The van der Waals surface area contributed by atoms with Crippen LogP contribution < -0.4 is 4.74 Å². The minimum Gasteiger partial charge on any atom is -0.497 e. The second-order valence-electron chi connectivity index (χ2n) is 4.31. The van der Waals surface area contributed by atoms with Crippen LogP contribution in [0.25, 0.3) is 0 Å². The summed E-state index contributed by atoms with van der Waals surface area (Å²) < 4.78 is 10.6. The van der Waals surface area contributed by atoms with Crippen molar-refractivity contribution < 1.29 is 14.3 Å². The number of hydrogen-bond acceptors (Lipinski definition) is 3. The van der Waals surface area contributed by atoms with Crippen molar-refractivity contribution in [3.63, 3.8) is 0 Å². The van der Waals surface area contributed by atoms with Crippen LogP contribution in [-0.2, 0) is 4.74 Å². The first-order valence-electron chi connectivity index (χ1n) is 6.06. The SMILES string of the molecule is CCOC(C(=O)c1ccc(OC)cc1)C1CC1. The largest absolute Gasteiger partial charge is 0.497 e. The minimum absolute atomic E-state index is 0.0944. The Morgan fingerprint density at radius 2 is 2.00 bits per heavy atom. The third kappa shape index (κ3) is 2.86. The quantitative estimate of drug-likeness (QED) is 0.710. The topological polar surface area (TPSA) is 35.5 Å². The number of hydrogen-bond donors (Lipinski definition) is 0. The van der Waals surface area contributed by atoms with E-state index in [-0.39, 0.29) is 11.9 Å². The van der Waals surface area contributed by atoms with Gasteiger partial charge in [0, 0.05) is 12.2 Å². The number of Topliss-reactive ketones (excluding diaryl/α,β-unsaturated/α-hetero) is 1. The summed E-state index contributed by atoms with van der Waals surface area (Å²) in [5.41, 5.74) is 0.705. The van der Waals surface area contributed by atoms with E-state index in [0.717, 1.165) is 18.6 Å². The number of carbonyl (C=O) groups excluding carboxylic acids is 1. The van der Waals surface area contributed by atoms with Gasteiger partial charge in [0.1, 0.15) is 11.9 Å². The zero-order valence-corrected chi connectivity index (χ0v) is 10.3. The Bertz CT molecular complexity index is 379. The summed E-state index contributed by atoms with van der Waals surface area (Å²) in [6, 6.07) is 7.22. The predicted molar refractivity (Wildman–Crippen MR) is 65.5 cm³/mol. The summed E-state index contributed by atoms with van der Waals surface area (Å²) >= 11 is 0. The van der Waals surface area contributed by atoms with Gasteiger partial charge in [0.25, 0.3) is 0 Å². The van der Waals surface area contributed by atoms with Gasteiger partial charge in [-0.25, -0.2) is 0 Å². The van der Waals surface area contributed by atoms with E-state index >= 15 is 0 Å². The number of ether oxygens (including phenoxy) is 2. The monoisotopic (exact) mass is 234 g/mol. The molecule has 2 rings (SSSR count). The van der Waals surface area contributed by atoms with Gasteiger partial charge >= 0.3 is 0 Å². The van der Waals surface area contributed by atoms with Crippen LogP contribution in [0.3, 0.4) is 0 Å². The van der Waals surface area contributed by atoms with E-state index in [9.17, 15) is 4.79 Å². The van der Waals surface area contributed by atoms with Gasteiger partial charge in [0.15, 0.2) is 5.78 Å². The number of carbonyl (C=O) groups is 1. The highest BCUT2D eigenvalue weighted by molar-refractivity contribution is 6.00. The van der Waals surface area contributed by atoms with Gasteiger partial charge in [-0.05, 0) is 49.9 Å². The summed E-state index contributed by atoms with van der Waals surface area (Å²) in [6.07, 6.45) is 1.95. The lowest BCUT2D eigenvalue weighted by Crippen LogP contribution is -2.26. The van der Waals surface area contributed by atoms with Crippen LogP contribution in [0.2, 0.25) is 0 Å². The van der Waals surface area contributed by atoms with Gasteiger partial charge in [0.05, 0.1) is 7.11 Å². The molecule has 1 aliphatic rings. The number of benzene rings is 1. The molecule has 0 saturated heterocycles. The van der Waals surface area contributed by atoms with E-state index in [1.54, 1.807) is 19.2 Å². The maximum atomic E-state index is 12.3. The molecule has 1 saturated carbocycles. The molecule has 17 heavy (non-hydrogen) atoms. The average molecular weight is 234 g/mol. The van der Waals surface area contributed by atoms with E-state index in [2.05, 4.69) is 0 Å². The molecule has 1 atom stereocenters. The summed E-state index contributed by atoms with van der Waals surface area (Å²) in [5, 5.41) is 0. The van der Waals surface area contributed by atoms with Crippen molar-refractivity contribution >= 4 is 5.78 Å². The zero-order chi connectivity index (χ0) is 12.3. The standard InChI is InChI=1S/C14H18O3/c1-3-17-14(11-4-5-11)13(15)10-6-8-12(16-2)9-7-10/h6-9,11,14H,3-5H2,1-2H3. The van der Waals surface area contributed by atoms with Crippen LogP contribution in [0.4, 0.5) is 0 Å².